The second kappa shape index (κ2) is 4.99. The van der Waals surface area contributed by atoms with E-state index in [4.69, 9.17) is 5.11 Å². The molecule has 0 saturated heterocycles. The van der Waals surface area contributed by atoms with Gasteiger partial charge in [-0.1, -0.05) is 13.8 Å². The molecule has 4 nitrogen and oxygen atoms in total. The molecule has 0 aliphatic carbocycles. The highest BCUT2D eigenvalue weighted by molar-refractivity contribution is 4.96. The van der Waals surface area contributed by atoms with E-state index < -0.39 is 0 Å². The first-order chi connectivity index (χ1) is 6.22. The lowest BCUT2D eigenvalue weighted by atomic mass is 10.3. The van der Waals surface area contributed by atoms with Crippen LogP contribution in [0.4, 0.5) is 0 Å². The zero-order valence-corrected chi connectivity index (χ0v) is 8.20. The van der Waals surface area contributed by atoms with Crippen LogP contribution in [-0.4, -0.2) is 27.3 Å². The Morgan fingerprint density at radius 3 is 3.00 bits per heavy atom. The number of aliphatic hydroxyl groups is 1. The largest absolute Gasteiger partial charge is 0.395 e. The van der Waals surface area contributed by atoms with Gasteiger partial charge in [0.1, 0.15) is 0 Å². The minimum absolute atomic E-state index is 0.160. The van der Waals surface area contributed by atoms with Crippen molar-refractivity contribution >= 4 is 0 Å². The van der Waals surface area contributed by atoms with Crippen molar-refractivity contribution in [2.45, 2.75) is 33.0 Å². The topological polar surface area (TPSA) is 50.1 Å². The summed E-state index contributed by atoms with van der Waals surface area (Å²) in [7, 11) is 0. The lowest BCUT2D eigenvalue weighted by Crippen LogP contribution is -2.21. The molecule has 0 saturated carbocycles. The van der Waals surface area contributed by atoms with Crippen LogP contribution in [0.15, 0.2) is 12.5 Å². The molecule has 0 bridgehead atoms. The molecule has 0 spiro atoms. The van der Waals surface area contributed by atoms with Crippen LogP contribution < -0.4 is 5.32 Å². The van der Waals surface area contributed by atoms with Crippen LogP contribution in [0.1, 0.15) is 19.5 Å². The summed E-state index contributed by atoms with van der Waals surface area (Å²) in [5, 5.41) is 12.0. The third-order valence-electron chi connectivity index (χ3n) is 1.74. The van der Waals surface area contributed by atoms with E-state index in [1.54, 1.807) is 6.33 Å². The highest BCUT2D eigenvalue weighted by atomic mass is 16.3. The Labute approximate surface area is 78.6 Å². The van der Waals surface area contributed by atoms with Crippen LogP contribution in [0.2, 0.25) is 0 Å². The molecule has 1 heterocycles. The fraction of sp³-hybridized carbons (Fsp3) is 0.667. The van der Waals surface area contributed by atoms with Gasteiger partial charge >= 0.3 is 0 Å². The zero-order valence-electron chi connectivity index (χ0n) is 8.20. The quantitative estimate of drug-likeness (QED) is 0.693. The number of aromatic nitrogens is 2. The Morgan fingerprint density at radius 2 is 2.38 bits per heavy atom. The molecule has 0 amide bonds. The van der Waals surface area contributed by atoms with E-state index in [2.05, 4.69) is 24.1 Å². The average molecular weight is 183 g/mol. The van der Waals surface area contributed by atoms with Crippen molar-refractivity contribution in [2.24, 2.45) is 0 Å². The molecule has 4 heteroatoms. The monoisotopic (exact) mass is 183 g/mol. The minimum Gasteiger partial charge on any atom is -0.395 e. The molecule has 2 N–H and O–H groups in total. The molecule has 0 atom stereocenters. The molecule has 13 heavy (non-hydrogen) atoms. The Morgan fingerprint density at radius 1 is 1.62 bits per heavy atom. The van der Waals surface area contributed by atoms with Crippen molar-refractivity contribution < 1.29 is 5.11 Å². The molecule has 0 fully saturated rings. The van der Waals surface area contributed by atoms with E-state index in [-0.39, 0.29) is 6.61 Å². The lowest BCUT2D eigenvalue weighted by molar-refractivity contribution is 0.276. The molecular weight excluding hydrogens is 166 g/mol. The highest BCUT2D eigenvalue weighted by Gasteiger charge is 1.98. The van der Waals surface area contributed by atoms with E-state index in [1.165, 1.54) is 0 Å². The van der Waals surface area contributed by atoms with Crippen LogP contribution in [0, 0.1) is 0 Å². The highest BCUT2D eigenvalue weighted by Crippen LogP contribution is 1.96. The van der Waals surface area contributed by atoms with E-state index in [1.807, 2.05) is 10.8 Å². The molecule has 0 aliphatic rings. The van der Waals surface area contributed by atoms with E-state index in [9.17, 15) is 0 Å². The van der Waals surface area contributed by atoms with Gasteiger partial charge in [0.15, 0.2) is 0 Å². The Balaban J connectivity index is 2.39. The maximum atomic E-state index is 8.68. The summed E-state index contributed by atoms with van der Waals surface area (Å²) in [6.45, 7) is 5.77. The maximum Gasteiger partial charge on any atom is 0.0950 e. The summed E-state index contributed by atoms with van der Waals surface area (Å²) in [4.78, 5) is 4.20. The maximum absolute atomic E-state index is 8.68. The van der Waals surface area contributed by atoms with Gasteiger partial charge in [-0.3, -0.25) is 0 Å². The van der Waals surface area contributed by atoms with Gasteiger partial charge in [0.05, 0.1) is 18.6 Å². The lowest BCUT2D eigenvalue weighted by Gasteiger charge is -2.04. The van der Waals surface area contributed by atoms with E-state index in [0.717, 1.165) is 12.2 Å². The van der Waals surface area contributed by atoms with Crippen LogP contribution in [0.3, 0.4) is 0 Å². The number of aliphatic hydroxyl groups excluding tert-OH is 1. The van der Waals surface area contributed by atoms with Crippen molar-refractivity contribution in [1.82, 2.24) is 14.9 Å². The summed E-state index contributed by atoms with van der Waals surface area (Å²) in [6, 6.07) is 0.475. The predicted octanol–water partition coefficient (Wildman–Crippen LogP) is 0.373. The van der Waals surface area contributed by atoms with Crippen LogP contribution >= 0.6 is 0 Å². The fourth-order valence-electron chi connectivity index (χ4n) is 1.04. The van der Waals surface area contributed by atoms with Gasteiger partial charge in [0.25, 0.3) is 0 Å². The van der Waals surface area contributed by atoms with Crippen LogP contribution in [0.5, 0.6) is 0 Å². The first-order valence-corrected chi connectivity index (χ1v) is 4.57. The molecular formula is C9H17N3O. The third kappa shape index (κ3) is 3.57. The van der Waals surface area contributed by atoms with Crippen LogP contribution in [0.25, 0.3) is 0 Å². The van der Waals surface area contributed by atoms with Crippen molar-refractivity contribution in [1.29, 1.82) is 0 Å². The predicted molar refractivity (Wildman–Crippen MR) is 51.3 cm³/mol. The van der Waals surface area contributed by atoms with Gasteiger partial charge in [-0.2, -0.15) is 0 Å². The van der Waals surface area contributed by atoms with Gasteiger partial charge in [-0.15, -0.1) is 0 Å². The van der Waals surface area contributed by atoms with Crippen molar-refractivity contribution in [3.8, 4) is 0 Å². The van der Waals surface area contributed by atoms with Gasteiger partial charge in [-0.05, 0) is 0 Å². The second-order valence-electron chi connectivity index (χ2n) is 3.36. The summed E-state index contributed by atoms with van der Waals surface area (Å²) in [5.41, 5.74) is 1.02. The van der Waals surface area contributed by atoms with Crippen molar-refractivity contribution in [3.63, 3.8) is 0 Å². The second-order valence-corrected chi connectivity index (χ2v) is 3.36. The minimum atomic E-state index is 0.160. The number of imidazole rings is 1. The first-order valence-electron chi connectivity index (χ1n) is 4.57. The summed E-state index contributed by atoms with van der Waals surface area (Å²) in [6.07, 6.45) is 3.69. The summed E-state index contributed by atoms with van der Waals surface area (Å²) >= 11 is 0. The number of nitrogens with one attached hydrogen (secondary N) is 1. The Bertz CT molecular complexity index is 245. The van der Waals surface area contributed by atoms with E-state index >= 15 is 0 Å². The number of hydrogen-bond acceptors (Lipinski definition) is 3. The van der Waals surface area contributed by atoms with Crippen molar-refractivity contribution in [3.05, 3.63) is 18.2 Å². The number of hydrogen-bond donors (Lipinski definition) is 2. The third-order valence-corrected chi connectivity index (χ3v) is 1.74. The molecule has 0 aromatic carbocycles. The SMILES string of the molecule is CC(C)NCc1cn(CCO)cn1. The number of rotatable bonds is 5. The molecule has 1 aromatic rings. The Hall–Kier alpha value is -0.870. The smallest absolute Gasteiger partial charge is 0.0950 e. The van der Waals surface area contributed by atoms with E-state index in [0.29, 0.717) is 12.6 Å². The molecule has 0 aliphatic heterocycles. The summed E-state index contributed by atoms with van der Waals surface area (Å²) < 4.78 is 1.89. The Kier molecular flexibility index (Phi) is 3.92. The molecule has 1 aromatic heterocycles. The zero-order chi connectivity index (χ0) is 9.68. The molecule has 1 rings (SSSR count). The van der Waals surface area contributed by atoms with Crippen molar-refractivity contribution in [2.75, 3.05) is 6.61 Å². The van der Waals surface area contributed by atoms with Gasteiger partial charge in [0.2, 0.25) is 0 Å². The molecule has 0 unspecified atom stereocenters. The first kappa shape index (κ1) is 10.2. The normalized spacial score (nSPS) is 11.1. The van der Waals surface area contributed by atoms with Gasteiger partial charge < -0.3 is 15.0 Å². The molecule has 74 valence electrons. The fourth-order valence-corrected chi connectivity index (χ4v) is 1.04. The van der Waals surface area contributed by atoms with Gasteiger partial charge in [0, 0.05) is 25.3 Å². The standard InChI is InChI=1S/C9H17N3O/c1-8(2)10-5-9-6-12(3-4-13)7-11-9/h6-8,10,13H,3-5H2,1-2H3. The molecule has 0 radical (unpaired) electrons. The average Bonchev–Trinajstić information content (AvgIpc) is 2.50. The summed E-state index contributed by atoms with van der Waals surface area (Å²) in [5.74, 6) is 0. The van der Waals surface area contributed by atoms with Gasteiger partial charge in [-0.25, -0.2) is 4.98 Å². The number of nitrogens with zero attached hydrogens (tertiary/aromatic N) is 2. The van der Waals surface area contributed by atoms with Crippen LogP contribution in [-0.2, 0) is 13.1 Å².